The van der Waals surface area contributed by atoms with E-state index in [0.29, 0.717) is 6.04 Å². The Balaban J connectivity index is 2.19. The van der Waals surface area contributed by atoms with Gasteiger partial charge in [-0.25, -0.2) is 0 Å². The van der Waals surface area contributed by atoms with Crippen LogP contribution in [0.4, 0.5) is 0 Å². The van der Waals surface area contributed by atoms with Crippen molar-refractivity contribution in [2.24, 2.45) is 0 Å². The van der Waals surface area contributed by atoms with E-state index in [2.05, 4.69) is 36.8 Å². The zero-order valence-corrected chi connectivity index (χ0v) is 11.8. The van der Waals surface area contributed by atoms with Crippen LogP contribution in [0.15, 0.2) is 23.1 Å². The van der Waals surface area contributed by atoms with Crippen LogP contribution < -0.4 is 5.32 Å². The molecule has 0 amide bonds. The average Bonchev–Trinajstić information content (AvgIpc) is 2.69. The molecular formula is C15H23NS. The second kappa shape index (κ2) is 6.36. The van der Waals surface area contributed by atoms with Gasteiger partial charge < -0.3 is 5.32 Å². The van der Waals surface area contributed by atoms with Crippen molar-refractivity contribution in [3.8, 4) is 0 Å². The second-order valence-electron chi connectivity index (χ2n) is 4.92. The van der Waals surface area contributed by atoms with Crippen molar-refractivity contribution in [3.63, 3.8) is 0 Å². The van der Waals surface area contributed by atoms with Crippen LogP contribution in [0.1, 0.15) is 55.0 Å². The minimum atomic E-state index is 0.452. The average molecular weight is 249 g/mol. The molecule has 0 radical (unpaired) electrons. The first-order valence-corrected chi connectivity index (χ1v) is 7.61. The van der Waals surface area contributed by atoms with Crippen molar-refractivity contribution in [1.29, 1.82) is 0 Å². The van der Waals surface area contributed by atoms with Crippen molar-refractivity contribution in [1.82, 2.24) is 5.32 Å². The zero-order valence-electron chi connectivity index (χ0n) is 11.0. The molecule has 2 rings (SSSR count). The molecule has 0 saturated heterocycles. The predicted octanol–water partition coefficient (Wildman–Crippen LogP) is 4.60. The summed E-state index contributed by atoms with van der Waals surface area (Å²) in [6, 6.07) is 2.68. The van der Waals surface area contributed by atoms with E-state index in [1.807, 2.05) is 11.3 Å². The topological polar surface area (TPSA) is 12.0 Å². The molecule has 1 aromatic rings. The molecule has 1 nitrogen and oxygen atoms in total. The van der Waals surface area contributed by atoms with E-state index >= 15 is 0 Å². The Kier molecular flexibility index (Phi) is 4.81. The monoisotopic (exact) mass is 249 g/mol. The minimum absolute atomic E-state index is 0.452. The van der Waals surface area contributed by atoms with E-state index in [1.165, 1.54) is 49.0 Å². The maximum absolute atomic E-state index is 3.51. The van der Waals surface area contributed by atoms with E-state index in [1.54, 1.807) is 5.57 Å². The number of aryl methyl sites for hydroxylation is 1. The van der Waals surface area contributed by atoms with Crippen LogP contribution in [0, 0.1) is 6.92 Å². The Bertz CT molecular complexity index is 378. The van der Waals surface area contributed by atoms with Crippen molar-refractivity contribution in [2.45, 2.75) is 51.5 Å². The molecule has 0 spiro atoms. The number of rotatable bonds is 3. The summed E-state index contributed by atoms with van der Waals surface area (Å²) >= 11 is 1.88. The first-order chi connectivity index (χ1) is 8.33. The van der Waals surface area contributed by atoms with Gasteiger partial charge in [0, 0.05) is 4.88 Å². The summed E-state index contributed by atoms with van der Waals surface area (Å²) in [5.74, 6) is 0. The Morgan fingerprint density at radius 3 is 2.76 bits per heavy atom. The normalized spacial score (nSPS) is 22.4. The van der Waals surface area contributed by atoms with Gasteiger partial charge in [0.1, 0.15) is 0 Å². The van der Waals surface area contributed by atoms with E-state index in [9.17, 15) is 0 Å². The SMILES string of the molecule is CNC(/C1=C/CCCCCC1)c1sccc1C. The highest BCUT2D eigenvalue weighted by molar-refractivity contribution is 7.10. The summed E-state index contributed by atoms with van der Waals surface area (Å²) in [6.45, 7) is 2.22. The van der Waals surface area contributed by atoms with E-state index in [-0.39, 0.29) is 0 Å². The highest BCUT2D eigenvalue weighted by atomic mass is 32.1. The van der Waals surface area contributed by atoms with Crippen LogP contribution in [-0.4, -0.2) is 7.05 Å². The largest absolute Gasteiger partial charge is 0.309 e. The fourth-order valence-electron chi connectivity index (χ4n) is 2.64. The van der Waals surface area contributed by atoms with Crippen LogP contribution in [0.25, 0.3) is 0 Å². The Morgan fingerprint density at radius 2 is 2.06 bits per heavy atom. The smallest absolute Gasteiger partial charge is 0.0630 e. The van der Waals surface area contributed by atoms with E-state index in [0.717, 1.165) is 0 Å². The van der Waals surface area contributed by atoms with Gasteiger partial charge in [-0.1, -0.05) is 24.5 Å². The van der Waals surface area contributed by atoms with Gasteiger partial charge >= 0.3 is 0 Å². The lowest BCUT2D eigenvalue weighted by Crippen LogP contribution is -2.19. The lowest BCUT2D eigenvalue weighted by Gasteiger charge is -2.21. The first kappa shape index (κ1) is 12.8. The van der Waals surface area contributed by atoms with Gasteiger partial charge in [0.05, 0.1) is 6.04 Å². The highest BCUT2D eigenvalue weighted by Gasteiger charge is 2.18. The summed E-state index contributed by atoms with van der Waals surface area (Å²) < 4.78 is 0. The van der Waals surface area contributed by atoms with Gasteiger partial charge in [-0.15, -0.1) is 11.3 Å². The highest BCUT2D eigenvalue weighted by Crippen LogP contribution is 2.33. The van der Waals surface area contributed by atoms with Crippen LogP contribution >= 0.6 is 11.3 Å². The van der Waals surface area contributed by atoms with Gasteiger partial charge in [-0.3, -0.25) is 0 Å². The third-order valence-electron chi connectivity index (χ3n) is 3.65. The van der Waals surface area contributed by atoms with Gasteiger partial charge in [-0.05, 0) is 56.7 Å². The number of nitrogens with one attached hydrogen (secondary N) is 1. The summed E-state index contributed by atoms with van der Waals surface area (Å²) in [7, 11) is 2.09. The summed E-state index contributed by atoms with van der Waals surface area (Å²) in [4.78, 5) is 1.50. The number of allylic oxidation sites excluding steroid dienone is 1. The first-order valence-electron chi connectivity index (χ1n) is 6.73. The zero-order chi connectivity index (χ0) is 12.1. The lowest BCUT2D eigenvalue weighted by atomic mass is 9.93. The molecule has 2 heteroatoms. The molecule has 0 fully saturated rings. The standard InChI is InChI=1S/C15H23NS/c1-12-10-11-17-15(12)14(16-2)13-8-6-4-3-5-7-9-13/h8,10-11,14,16H,3-7,9H2,1-2H3/b13-8+. The lowest BCUT2D eigenvalue weighted by molar-refractivity contribution is 0.576. The Hall–Kier alpha value is -0.600. The summed E-state index contributed by atoms with van der Waals surface area (Å²) in [6.07, 6.45) is 10.5. The molecule has 17 heavy (non-hydrogen) atoms. The third-order valence-corrected chi connectivity index (χ3v) is 4.73. The second-order valence-corrected chi connectivity index (χ2v) is 5.87. The molecule has 0 bridgehead atoms. The fourth-order valence-corrected chi connectivity index (χ4v) is 3.72. The van der Waals surface area contributed by atoms with Crippen LogP contribution in [0.5, 0.6) is 0 Å². The molecule has 1 unspecified atom stereocenters. The number of thiophene rings is 1. The molecule has 0 saturated carbocycles. The molecule has 1 atom stereocenters. The molecule has 1 aliphatic rings. The number of hydrogen-bond donors (Lipinski definition) is 1. The van der Waals surface area contributed by atoms with Crippen LogP contribution in [0.3, 0.4) is 0 Å². The summed E-state index contributed by atoms with van der Waals surface area (Å²) in [5.41, 5.74) is 3.04. The van der Waals surface area contributed by atoms with Gasteiger partial charge in [0.2, 0.25) is 0 Å². The predicted molar refractivity (Wildman–Crippen MR) is 76.6 cm³/mol. The number of hydrogen-bond acceptors (Lipinski definition) is 2. The quantitative estimate of drug-likeness (QED) is 0.772. The molecule has 0 aromatic carbocycles. The van der Waals surface area contributed by atoms with Crippen molar-refractivity contribution in [3.05, 3.63) is 33.5 Å². The molecule has 94 valence electrons. The number of likely N-dealkylation sites (N-methyl/N-ethyl adjacent to an activating group) is 1. The molecule has 1 heterocycles. The maximum atomic E-state index is 3.51. The van der Waals surface area contributed by atoms with Gasteiger partial charge in [0.15, 0.2) is 0 Å². The summed E-state index contributed by atoms with van der Waals surface area (Å²) in [5, 5.41) is 5.71. The van der Waals surface area contributed by atoms with Crippen molar-refractivity contribution < 1.29 is 0 Å². The maximum Gasteiger partial charge on any atom is 0.0630 e. The molecule has 0 aliphatic heterocycles. The van der Waals surface area contributed by atoms with Gasteiger partial charge in [-0.2, -0.15) is 0 Å². The molecule has 1 aliphatic carbocycles. The fraction of sp³-hybridized carbons (Fsp3) is 0.600. The third kappa shape index (κ3) is 3.20. The molecular weight excluding hydrogens is 226 g/mol. The minimum Gasteiger partial charge on any atom is -0.309 e. The molecule has 1 N–H and O–H groups in total. The van der Waals surface area contributed by atoms with Crippen molar-refractivity contribution >= 4 is 11.3 Å². The van der Waals surface area contributed by atoms with Crippen molar-refractivity contribution in [2.75, 3.05) is 7.05 Å². The Morgan fingerprint density at radius 1 is 1.24 bits per heavy atom. The molecule has 1 aromatic heterocycles. The Labute approximate surface area is 109 Å². The van der Waals surface area contributed by atoms with Gasteiger partial charge in [0.25, 0.3) is 0 Å². The van der Waals surface area contributed by atoms with E-state index < -0.39 is 0 Å². The van der Waals surface area contributed by atoms with Crippen LogP contribution in [0.2, 0.25) is 0 Å². The van der Waals surface area contributed by atoms with Crippen LogP contribution in [-0.2, 0) is 0 Å². The van der Waals surface area contributed by atoms with E-state index in [4.69, 9.17) is 0 Å².